The smallest absolute Gasteiger partial charge is 0.423 e. The van der Waals surface area contributed by atoms with E-state index in [-0.39, 0.29) is 43.4 Å². The highest BCUT2D eigenvalue weighted by Crippen LogP contribution is 2.42. The van der Waals surface area contributed by atoms with Crippen molar-refractivity contribution in [2.24, 2.45) is 0 Å². The fraction of sp³-hybridized carbons (Fsp3) is 0.714. The van der Waals surface area contributed by atoms with Gasteiger partial charge in [-0.2, -0.15) is 31.3 Å². The zero-order valence-corrected chi connectivity index (χ0v) is 18.6. The Morgan fingerprint density at radius 3 is 2.46 bits per heavy atom. The Kier molecular flexibility index (Phi) is 6.26. The zero-order chi connectivity index (χ0) is 24.8. The molecule has 2 aliphatic heterocycles. The molecule has 0 unspecified atom stereocenters. The van der Waals surface area contributed by atoms with Crippen LogP contribution < -0.4 is 10.1 Å². The summed E-state index contributed by atoms with van der Waals surface area (Å²) in [5.41, 5.74) is -1.06. The largest absolute Gasteiger partial charge is 0.469 e. The molecule has 2 aromatic heterocycles. The van der Waals surface area contributed by atoms with Gasteiger partial charge in [-0.25, -0.2) is 4.98 Å². The fourth-order valence-corrected chi connectivity index (χ4v) is 4.91. The number of alkyl halides is 6. The van der Waals surface area contributed by atoms with Gasteiger partial charge in [0.05, 0.1) is 13.2 Å². The Morgan fingerprint density at radius 2 is 1.77 bits per heavy atom. The SMILES string of the molecule is FC(F)(F)c1cnc(N[C@@H]2CCC[C@H](c3nnc4n3CCC[C@H]4C(F)(F)F)C2)nc1OC1COC1. The Balaban J connectivity index is 1.32. The molecule has 5 rings (SSSR count). The molecule has 2 fully saturated rings. The predicted molar refractivity (Wildman–Crippen MR) is 109 cm³/mol. The van der Waals surface area contributed by atoms with Crippen LogP contribution in [0.1, 0.15) is 67.6 Å². The Labute approximate surface area is 196 Å². The molecule has 8 nitrogen and oxygen atoms in total. The minimum absolute atomic E-state index is 0.000649. The van der Waals surface area contributed by atoms with Crippen molar-refractivity contribution in [2.45, 2.75) is 81.4 Å². The van der Waals surface area contributed by atoms with Crippen molar-refractivity contribution in [3.8, 4) is 5.88 Å². The van der Waals surface area contributed by atoms with Crippen LogP contribution in [0.15, 0.2) is 6.20 Å². The number of hydrogen-bond acceptors (Lipinski definition) is 7. The highest BCUT2D eigenvalue weighted by Gasteiger charge is 2.46. The van der Waals surface area contributed by atoms with Crippen LogP contribution >= 0.6 is 0 Å². The second-order valence-corrected chi connectivity index (χ2v) is 9.20. The van der Waals surface area contributed by atoms with Gasteiger partial charge in [-0.1, -0.05) is 6.42 Å². The first kappa shape index (κ1) is 24.1. The van der Waals surface area contributed by atoms with Gasteiger partial charge in [0.1, 0.15) is 29.2 Å². The molecule has 0 spiro atoms. The minimum Gasteiger partial charge on any atom is -0.469 e. The molecule has 1 aliphatic carbocycles. The molecule has 192 valence electrons. The van der Waals surface area contributed by atoms with E-state index < -0.39 is 35.8 Å². The Morgan fingerprint density at radius 1 is 1.00 bits per heavy atom. The van der Waals surface area contributed by atoms with Crippen molar-refractivity contribution in [2.75, 3.05) is 18.5 Å². The summed E-state index contributed by atoms with van der Waals surface area (Å²) in [6, 6.07) is -0.194. The highest BCUT2D eigenvalue weighted by atomic mass is 19.4. The van der Waals surface area contributed by atoms with E-state index in [1.54, 1.807) is 4.57 Å². The molecular weight excluding hydrogens is 482 g/mol. The summed E-state index contributed by atoms with van der Waals surface area (Å²) >= 11 is 0. The summed E-state index contributed by atoms with van der Waals surface area (Å²) < 4.78 is 92.3. The molecule has 35 heavy (non-hydrogen) atoms. The summed E-state index contributed by atoms with van der Waals surface area (Å²) in [5, 5.41) is 11.1. The number of hydrogen-bond donors (Lipinski definition) is 1. The third kappa shape index (κ3) is 5.02. The van der Waals surface area contributed by atoms with Crippen molar-refractivity contribution in [3.63, 3.8) is 0 Å². The van der Waals surface area contributed by atoms with Crippen molar-refractivity contribution in [3.05, 3.63) is 23.4 Å². The fourth-order valence-electron chi connectivity index (χ4n) is 4.91. The van der Waals surface area contributed by atoms with Gasteiger partial charge < -0.3 is 19.4 Å². The lowest BCUT2D eigenvalue weighted by atomic mass is 9.85. The number of anilines is 1. The quantitative estimate of drug-likeness (QED) is 0.600. The molecule has 1 saturated heterocycles. The number of ether oxygens (including phenoxy) is 2. The van der Waals surface area contributed by atoms with Crippen molar-refractivity contribution in [1.82, 2.24) is 24.7 Å². The van der Waals surface area contributed by atoms with E-state index in [4.69, 9.17) is 9.47 Å². The molecule has 1 saturated carbocycles. The highest BCUT2D eigenvalue weighted by molar-refractivity contribution is 5.36. The number of fused-ring (bicyclic) bond motifs is 1. The van der Waals surface area contributed by atoms with Crippen LogP contribution in [-0.2, 0) is 17.5 Å². The van der Waals surface area contributed by atoms with Gasteiger partial charge in [-0.3, -0.25) is 0 Å². The number of nitrogens with zero attached hydrogens (tertiary/aromatic N) is 5. The Bertz CT molecular complexity index is 1050. The monoisotopic (exact) mass is 506 g/mol. The summed E-state index contributed by atoms with van der Waals surface area (Å²) in [6.07, 6.45) is -5.74. The molecule has 3 atom stereocenters. The van der Waals surface area contributed by atoms with E-state index >= 15 is 0 Å². The summed E-state index contributed by atoms with van der Waals surface area (Å²) in [6.45, 7) is 0.810. The standard InChI is InChI=1S/C21H24F6N6O2/c22-20(23,24)14-5-2-6-33-16(31-32-17(14)33)11-3-1-4-12(7-11)29-19-28-8-15(21(25,26)27)18(30-19)35-13-9-34-10-13/h8,11-14H,1-7,9-10H2,(H,28,29,30)/t11-,12+,14+/m0/s1. The van der Waals surface area contributed by atoms with E-state index in [1.165, 1.54) is 0 Å². The molecule has 0 aromatic carbocycles. The van der Waals surface area contributed by atoms with E-state index in [0.717, 1.165) is 12.8 Å². The van der Waals surface area contributed by atoms with Crippen molar-refractivity contribution >= 4 is 5.95 Å². The van der Waals surface area contributed by atoms with Crippen LogP contribution in [0.5, 0.6) is 5.88 Å². The van der Waals surface area contributed by atoms with E-state index in [2.05, 4.69) is 25.5 Å². The minimum atomic E-state index is -4.67. The van der Waals surface area contributed by atoms with Crippen LogP contribution in [0, 0.1) is 0 Å². The number of rotatable bonds is 5. The lowest BCUT2D eigenvalue weighted by Gasteiger charge is -2.31. The number of nitrogens with one attached hydrogen (secondary N) is 1. The van der Waals surface area contributed by atoms with Gasteiger partial charge in [0.15, 0.2) is 0 Å². The first-order chi connectivity index (χ1) is 16.6. The number of halogens is 6. The maximum atomic E-state index is 13.4. The zero-order valence-electron chi connectivity index (χ0n) is 18.6. The lowest BCUT2D eigenvalue weighted by Crippen LogP contribution is -2.39. The van der Waals surface area contributed by atoms with Crippen LogP contribution in [0.3, 0.4) is 0 Å². The second kappa shape index (κ2) is 9.10. The van der Waals surface area contributed by atoms with E-state index in [0.29, 0.717) is 37.8 Å². The van der Waals surface area contributed by atoms with Gasteiger partial charge in [-0.05, 0) is 32.1 Å². The summed E-state index contributed by atoms with van der Waals surface area (Å²) in [4.78, 5) is 7.81. The Hall–Kier alpha value is -2.64. The average molecular weight is 506 g/mol. The van der Waals surface area contributed by atoms with Crippen LogP contribution in [0.25, 0.3) is 0 Å². The molecule has 2 aromatic rings. The van der Waals surface area contributed by atoms with Crippen LogP contribution in [-0.4, -0.2) is 56.3 Å². The maximum Gasteiger partial charge on any atom is 0.423 e. The predicted octanol–water partition coefficient (Wildman–Crippen LogP) is 4.44. The third-order valence-electron chi connectivity index (χ3n) is 6.71. The van der Waals surface area contributed by atoms with Gasteiger partial charge in [0.2, 0.25) is 11.8 Å². The second-order valence-electron chi connectivity index (χ2n) is 9.20. The van der Waals surface area contributed by atoms with Gasteiger partial charge in [0, 0.05) is 24.7 Å². The molecule has 14 heteroatoms. The molecule has 3 aliphatic rings. The molecular formula is C21H24F6N6O2. The molecule has 0 bridgehead atoms. The summed E-state index contributed by atoms with van der Waals surface area (Å²) in [7, 11) is 0. The van der Waals surface area contributed by atoms with Crippen LogP contribution in [0.2, 0.25) is 0 Å². The lowest BCUT2D eigenvalue weighted by molar-refractivity contribution is -0.156. The van der Waals surface area contributed by atoms with Crippen LogP contribution in [0.4, 0.5) is 32.3 Å². The topological polar surface area (TPSA) is 87.0 Å². The first-order valence-electron chi connectivity index (χ1n) is 11.5. The van der Waals surface area contributed by atoms with E-state index in [1.807, 2.05) is 0 Å². The third-order valence-corrected chi connectivity index (χ3v) is 6.71. The van der Waals surface area contributed by atoms with E-state index in [9.17, 15) is 26.3 Å². The normalized spacial score (nSPS) is 25.6. The number of aromatic nitrogens is 5. The average Bonchev–Trinajstić information content (AvgIpc) is 3.19. The molecule has 0 amide bonds. The van der Waals surface area contributed by atoms with Gasteiger partial charge in [0.25, 0.3) is 0 Å². The molecule has 4 heterocycles. The van der Waals surface area contributed by atoms with Crippen molar-refractivity contribution in [1.29, 1.82) is 0 Å². The van der Waals surface area contributed by atoms with Gasteiger partial charge in [-0.15, -0.1) is 10.2 Å². The summed E-state index contributed by atoms with van der Waals surface area (Å²) in [5.74, 6) is -1.81. The molecule has 0 radical (unpaired) electrons. The first-order valence-corrected chi connectivity index (χ1v) is 11.5. The maximum absolute atomic E-state index is 13.4. The van der Waals surface area contributed by atoms with Gasteiger partial charge >= 0.3 is 12.4 Å². The van der Waals surface area contributed by atoms with Crippen molar-refractivity contribution < 1.29 is 35.8 Å². The molecule has 1 N–H and O–H groups in total.